The Morgan fingerprint density at radius 3 is 2.81 bits per heavy atom. The van der Waals surface area contributed by atoms with Gasteiger partial charge in [0.15, 0.2) is 0 Å². The first kappa shape index (κ1) is 14.4. The molecule has 1 aromatic heterocycles. The van der Waals surface area contributed by atoms with Gasteiger partial charge >= 0.3 is 0 Å². The van der Waals surface area contributed by atoms with Crippen LogP contribution in [0.25, 0.3) is 17.3 Å². The average Bonchev–Trinajstić information content (AvgIpc) is 3.07. The SMILES string of the molecule is CCCc1sc(/C=C2\NC(=O)CS2)nc1-c1ccccc1. The van der Waals surface area contributed by atoms with E-state index in [0.717, 1.165) is 34.1 Å². The van der Waals surface area contributed by atoms with Crippen molar-refractivity contribution >= 4 is 35.1 Å². The van der Waals surface area contributed by atoms with Crippen LogP contribution in [0.1, 0.15) is 23.2 Å². The van der Waals surface area contributed by atoms with Gasteiger partial charge < -0.3 is 5.32 Å². The smallest absolute Gasteiger partial charge is 0.235 e. The summed E-state index contributed by atoms with van der Waals surface area (Å²) < 4.78 is 0. The molecule has 1 fully saturated rings. The first-order valence-corrected chi connectivity index (χ1v) is 8.76. The van der Waals surface area contributed by atoms with E-state index in [9.17, 15) is 4.79 Å². The number of aryl methyl sites for hydroxylation is 1. The number of benzene rings is 1. The second-order valence-corrected chi connectivity index (χ2v) is 6.92. The van der Waals surface area contributed by atoms with Gasteiger partial charge in [0.05, 0.1) is 16.5 Å². The van der Waals surface area contributed by atoms with Gasteiger partial charge in [0.2, 0.25) is 5.91 Å². The lowest BCUT2D eigenvalue weighted by atomic mass is 10.1. The molecule has 0 radical (unpaired) electrons. The van der Waals surface area contributed by atoms with Gasteiger partial charge in [0.1, 0.15) is 5.01 Å². The van der Waals surface area contributed by atoms with Crippen LogP contribution in [0.3, 0.4) is 0 Å². The zero-order chi connectivity index (χ0) is 14.7. The van der Waals surface area contributed by atoms with Crippen molar-refractivity contribution in [3.05, 3.63) is 45.2 Å². The Bertz CT molecular complexity index is 677. The van der Waals surface area contributed by atoms with Gasteiger partial charge in [-0.1, -0.05) is 55.4 Å². The molecule has 21 heavy (non-hydrogen) atoms. The zero-order valence-electron chi connectivity index (χ0n) is 11.8. The number of nitrogens with one attached hydrogen (secondary N) is 1. The fourth-order valence-corrected chi connectivity index (χ4v) is 4.14. The molecule has 2 heterocycles. The van der Waals surface area contributed by atoms with Gasteiger partial charge in [0, 0.05) is 16.5 Å². The van der Waals surface area contributed by atoms with Crippen LogP contribution in [-0.4, -0.2) is 16.6 Å². The lowest BCUT2D eigenvalue weighted by Gasteiger charge is -2.00. The third-order valence-corrected chi connectivity index (χ3v) is 5.11. The number of amides is 1. The Morgan fingerprint density at radius 1 is 1.33 bits per heavy atom. The summed E-state index contributed by atoms with van der Waals surface area (Å²) in [5, 5.41) is 4.71. The first-order valence-electron chi connectivity index (χ1n) is 6.95. The van der Waals surface area contributed by atoms with Crippen molar-refractivity contribution < 1.29 is 4.79 Å². The van der Waals surface area contributed by atoms with E-state index in [1.807, 2.05) is 24.3 Å². The number of carbonyl (C=O) groups excluding carboxylic acids is 1. The summed E-state index contributed by atoms with van der Waals surface area (Å²) in [6, 6.07) is 10.3. The largest absolute Gasteiger partial charge is 0.320 e. The van der Waals surface area contributed by atoms with Gasteiger partial charge in [-0.05, 0) is 6.42 Å². The van der Waals surface area contributed by atoms with Gasteiger partial charge in [0.25, 0.3) is 0 Å². The quantitative estimate of drug-likeness (QED) is 0.929. The third kappa shape index (κ3) is 3.36. The first-order chi connectivity index (χ1) is 10.3. The van der Waals surface area contributed by atoms with Crippen LogP contribution in [0, 0.1) is 0 Å². The maximum atomic E-state index is 11.3. The van der Waals surface area contributed by atoms with Crippen molar-refractivity contribution in [3.63, 3.8) is 0 Å². The number of aromatic nitrogens is 1. The molecular weight excluding hydrogens is 300 g/mol. The van der Waals surface area contributed by atoms with Gasteiger partial charge in [-0.15, -0.1) is 11.3 Å². The number of hydrogen-bond acceptors (Lipinski definition) is 4. The predicted octanol–water partition coefficient (Wildman–Crippen LogP) is 3.92. The Labute approximate surface area is 132 Å². The molecule has 3 nitrogen and oxygen atoms in total. The normalized spacial score (nSPS) is 16.4. The zero-order valence-corrected chi connectivity index (χ0v) is 13.4. The van der Waals surface area contributed by atoms with Crippen LogP contribution in [0.5, 0.6) is 0 Å². The molecule has 5 heteroatoms. The van der Waals surface area contributed by atoms with Gasteiger partial charge in [-0.2, -0.15) is 0 Å². The Morgan fingerprint density at radius 2 is 2.14 bits per heavy atom. The number of carbonyl (C=O) groups is 1. The molecule has 1 saturated heterocycles. The van der Waals surface area contributed by atoms with Crippen LogP contribution in [-0.2, 0) is 11.2 Å². The van der Waals surface area contributed by atoms with E-state index in [-0.39, 0.29) is 5.91 Å². The molecule has 1 amide bonds. The Kier molecular flexibility index (Phi) is 4.41. The minimum absolute atomic E-state index is 0.0693. The highest BCUT2D eigenvalue weighted by molar-refractivity contribution is 8.04. The molecule has 1 N–H and O–H groups in total. The molecule has 0 spiro atoms. The topological polar surface area (TPSA) is 42.0 Å². The van der Waals surface area contributed by atoms with Crippen LogP contribution < -0.4 is 5.32 Å². The highest BCUT2D eigenvalue weighted by atomic mass is 32.2. The fourth-order valence-electron chi connectivity index (χ4n) is 2.19. The van der Waals surface area contributed by atoms with Crippen LogP contribution >= 0.6 is 23.1 Å². The van der Waals surface area contributed by atoms with Gasteiger partial charge in [-0.3, -0.25) is 4.79 Å². The number of rotatable bonds is 4. The highest BCUT2D eigenvalue weighted by Crippen LogP contribution is 2.31. The standard InChI is InChI=1S/C16H16N2OS2/c1-2-6-12-16(11-7-4-3-5-8-11)18-15(21-12)9-14-17-13(19)10-20-14/h3-5,7-9H,2,6,10H2,1H3,(H,17,19)/b14-9+. The molecule has 0 unspecified atom stereocenters. The van der Waals surface area contributed by atoms with Crippen LogP contribution in [0.15, 0.2) is 35.4 Å². The van der Waals surface area contributed by atoms with E-state index in [4.69, 9.17) is 4.98 Å². The van der Waals surface area contributed by atoms with E-state index >= 15 is 0 Å². The number of thiazole rings is 1. The monoisotopic (exact) mass is 316 g/mol. The van der Waals surface area contributed by atoms with Crippen molar-refractivity contribution in [2.45, 2.75) is 19.8 Å². The lowest BCUT2D eigenvalue weighted by molar-refractivity contribution is -0.117. The molecular formula is C16H16N2OS2. The van der Waals surface area contributed by atoms with Crippen molar-refractivity contribution in [3.8, 4) is 11.3 Å². The average molecular weight is 316 g/mol. The van der Waals surface area contributed by atoms with E-state index in [1.165, 1.54) is 16.6 Å². The molecule has 3 rings (SSSR count). The summed E-state index contributed by atoms with van der Waals surface area (Å²) in [5.41, 5.74) is 2.23. The molecule has 0 atom stereocenters. The minimum atomic E-state index is 0.0693. The minimum Gasteiger partial charge on any atom is -0.320 e. The maximum Gasteiger partial charge on any atom is 0.235 e. The molecule has 1 aliphatic heterocycles. The molecule has 2 aromatic rings. The Balaban J connectivity index is 1.95. The molecule has 1 aliphatic rings. The van der Waals surface area contributed by atoms with Crippen molar-refractivity contribution in [2.75, 3.05) is 5.75 Å². The van der Waals surface area contributed by atoms with Crippen LogP contribution in [0.4, 0.5) is 0 Å². The maximum absolute atomic E-state index is 11.3. The molecule has 0 saturated carbocycles. The lowest BCUT2D eigenvalue weighted by Crippen LogP contribution is -2.13. The third-order valence-electron chi connectivity index (χ3n) is 3.11. The summed E-state index contributed by atoms with van der Waals surface area (Å²) in [7, 11) is 0. The van der Waals surface area contributed by atoms with E-state index in [2.05, 4.69) is 24.4 Å². The number of thioether (sulfide) groups is 1. The Hall–Kier alpha value is -1.59. The molecule has 0 aliphatic carbocycles. The van der Waals surface area contributed by atoms with Gasteiger partial charge in [-0.25, -0.2) is 4.98 Å². The van der Waals surface area contributed by atoms with Crippen LogP contribution in [0.2, 0.25) is 0 Å². The summed E-state index contributed by atoms with van der Waals surface area (Å²) in [4.78, 5) is 17.3. The second-order valence-electron chi connectivity index (χ2n) is 4.79. The summed E-state index contributed by atoms with van der Waals surface area (Å²) >= 11 is 3.25. The summed E-state index contributed by atoms with van der Waals surface area (Å²) in [6.45, 7) is 2.18. The predicted molar refractivity (Wildman–Crippen MR) is 90.1 cm³/mol. The number of nitrogens with zero attached hydrogens (tertiary/aromatic N) is 1. The van der Waals surface area contributed by atoms with Crippen molar-refractivity contribution in [1.82, 2.24) is 10.3 Å². The van der Waals surface area contributed by atoms with Crippen molar-refractivity contribution in [2.24, 2.45) is 0 Å². The molecule has 1 aromatic carbocycles. The number of hydrogen-bond donors (Lipinski definition) is 1. The second kappa shape index (κ2) is 6.45. The van der Waals surface area contributed by atoms with E-state index in [1.54, 1.807) is 11.3 Å². The summed E-state index contributed by atoms with van der Waals surface area (Å²) in [6.07, 6.45) is 4.11. The van der Waals surface area contributed by atoms with E-state index < -0.39 is 0 Å². The summed E-state index contributed by atoms with van der Waals surface area (Å²) in [5.74, 6) is 0.574. The molecule has 0 bridgehead atoms. The fraction of sp³-hybridized carbons (Fsp3) is 0.250. The molecule has 108 valence electrons. The van der Waals surface area contributed by atoms with Crippen molar-refractivity contribution in [1.29, 1.82) is 0 Å². The highest BCUT2D eigenvalue weighted by Gasteiger charge is 2.17. The van der Waals surface area contributed by atoms with E-state index in [0.29, 0.717) is 5.75 Å².